The molecule has 2 aromatic heterocycles. The highest BCUT2D eigenvalue weighted by Gasteiger charge is 2.45. The van der Waals surface area contributed by atoms with E-state index in [-0.39, 0.29) is 30.5 Å². The van der Waals surface area contributed by atoms with Crippen LogP contribution in [0.5, 0.6) is 0 Å². The standard InChI is InChI=1S/C31H29N5O4S/c37-28(34-24-8-9-24)23-6-10-25(11-7-23)35(30-33-18-19-41-30)29(38)27-13-12-26(22-14-16-32-17-15-22)36(27)31(39)40-20-21-4-2-1-3-5-21/h1-7,10-11,14-19,24,26-27H,8-9,12-13,20H2,(H,34,37). The van der Waals surface area contributed by atoms with Gasteiger partial charge >= 0.3 is 6.09 Å². The molecule has 1 saturated heterocycles. The summed E-state index contributed by atoms with van der Waals surface area (Å²) in [5.74, 6) is -0.419. The summed E-state index contributed by atoms with van der Waals surface area (Å²) in [7, 11) is 0. The number of carbonyl (C=O) groups is 3. The second kappa shape index (κ2) is 11.9. The minimum Gasteiger partial charge on any atom is -0.445 e. The third-order valence-electron chi connectivity index (χ3n) is 7.31. The monoisotopic (exact) mass is 567 g/mol. The molecule has 2 atom stereocenters. The minimum atomic E-state index is -0.779. The van der Waals surface area contributed by atoms with E-state index in [1.807, 2.05) is 42.5 Å². The van der Waals surface area contributed by atoms with Crippen molar-refractivity contribution >= 4 is 40.1 Å². The van der Waals surface area contributed by atoms with Gasteiger partial charge in [-0.3, -0.25) is 24.4 Å². The van der Waals surface area contributed by atoms with Gasteiger partial charge in [-0.25, -0.2) is 9.78 Å². The smallest absolute Gasteiger partial charge is 0.411 e. The molecule has 0 spiro atoms. The second-order valence-corrected chi connectivity index (χ2v) is 11.0. The van der Waals surface area contributed by atoms with Gasteiger partial charge in [0.25, 0.3) is 11.8 Å². The molecule has 1 saturated carbocycles. The lowest BCUT2D eigenvalue weighted by Gasteiger charge is -2.32. The van der Waals surface area contributed by atoms with Crippen LogP contribution < -0.4 is 10.2 Å². The summed E-state index contributed by atoms with van der Waals surface area (Å²) in [6, 6.07) is 19.2. The third kappa shape index (κ3) is 5.97. The Morgan fingerprint density at radius 2 is 1.68 bits per heavy atom. The zero-order chi connectivity index (χ0) is 28.2. The first-order valence-corrected chi connectivity index (χ1v) is 14.5. The molecule has 1 aliphatic carbocycles. The molecular weight excluding hydrogens is 538 g/mol. The Bertz CT molecular complexity index is 1490. The van der Waals surface area contributed by atoms with Gasteiger partial charge in [0.1, 0.15) is 12.6 Å². The van der Waals surface area contributed by atoms with Gasteiger partial charge in [-0.1, -0.05) is 30.3 Å². The molecule has 1 aliphatic heterocycles. The first-order valence-electron chi connectivity index (χ1n) is 13.6. The number of ether oxygens (including phenoxy) is 1. The molecule has 2 aliphatic rings. The molecule has 0 bridgehead atoms. The number of anilines is 2. The Labute approximate surface area is 241 Å². The van der Waals surface area contributed by atoms with Crippen molar-refractivity contribution < 1.29 is 19.1 Å². The fraction of sp³-hybridized carbons (Fsp3) is 0.258. The largest absolute Gasteiger partial charge is 0.445 e. The number of pyridine rings is 1. The average molecular weight is 568 g/mol. The average Bonchev–Trinajstić information content (AvgIpc) is 3.46. The van der Waals surface area contributed by atoms with Crippen molar-refractivity contribution in [1.82, 2.24) is 20.2 Å². The van der Waals surface area contributed by atoms with E-state index < -0.39 is 12.1 Å². The minimum absolute atomic E-state index is 0.0979. The van der Waals surface area contributed by atoms with Crippen LogP contribution in [0.4, 0.5) is 15.6 Å². The van der Waals surface area contributed by atoms with Gasteiger partial charge in [-0.2, -0.15) is 0 Å². The van der Waals surface area contributed by atoms with Crippen LogP contribution in [0.2, 0.25) is 0 Å². The lowest BCUT2D eigenvalue weighted by atomic mass is 10.1. The van der Waals surface area contributed by atoms with Crippen LogP contribution in [0.15, 0.2) is 90.7 Å². The van der Waals surface area contributed by atoms with Crippen molar-refractivity contribution in [2.24, 2.45) is 0 Å². The maximum Gasteiger partial charge on any atom is 0.411 e. The van der Waals surface area contributed by atoms with Crippen LogP contribution in [0.25, 0.3) is 0 Å². The number of rotatable bonds is 8. The number of benzene rings is 2. The van der Waals surface area contributed by atoms with E-state index in [0.29, 0.717) is 29.2 Å². The number of hydrogen-bond acceptors (Lipinski definition) is 7. The lowest BCUT2D eigenvalue weighted by Crippen LogP contribution is -2.47. The van der Waals surface area contributed by atoms with Gasteiger partial charge in [0.05, 0.1) is 11.7 Å². The van der Waals surface area contributed by atoms with Gasteiger partial charge in [0, 0.05) is 35.6 Å². The summed E-state index contributed by atoms with van der Waals surface area (Å²) >= 11 is 1.33. The molecule has 2 unspecified atom stereocenters. The summed E-state index contributed by atoms with van der Waals surface area (Å²) in [6.07, 6.45) is 7.49. The Morgan fingerprint density at radius 1 is 0.927 bits per heavy atom. The van der Waals surface area contributed by atoms with E-state index in [1.165, 1.54) is 16.2 Å². The number of likely N-dealkylation sites (tertiary alicyclic amines) is 1. The van der Waals surface area contributed by atoms with Crippen LogP contribution in [0.1, 0.15) is 53.2 Å². The van der Waals surface area contributed by atoms with Crippen molar-refractivity contribution in [3.63, 3.8) is 0 Å². The fourth-order valence-corrected chi connectivity index (χ4v) is 5.75. The summed E-state index contributed by atoms with van der Waals surface area (Å²) in [5.41, 5.74) is 2.84. The Hall–Kier alpha value is -4.57. The van der Waals surface area contributed by atoms with Gasteiger partial charge in [0.15, 0.2) is 5.13 Å². The highest BCUT2D eigenvalue weighted by Crippen LogP contribution is 2.39. The molecular formula is C31H29N5O4S. The Morgan fingerprint density at radius 3 is 2.37 bits per heavy atom. The number of aromatic nitrogens is 2. The van der Waals surface area contributed by atoms with Crippen molar-refractivity contribution in [3.8, 4) is 0 Å². The van der Waals surface area contributed by atoms with Crippen molar-refractivity contribution in [2.75, 3.05) is 4.90 Å². The van der Waals surface area contributed by atoms with Crippen LogP contribution >= 0.6 is 11.3 Å². The third-order valence-corrected chi connectivity index (χ3v) is 8.06. The van der Waals surface area contributed by atoms with E-state index in [9.17, 15) is 14.4 Å². The second-order valence-electron chi connectivity index (χ2n) is 10.1. The molecule has 4 aromatic rings. The topological polar surface area (TPSA) is 105 Å². The normalized spacial score (nSPS) is 18.1. The number of nitrogens with one attached hydrogen (secondary N) is 1. The molecule has 208 valence electrons. The maximum absolute atomic E-state index is 14.3. The zero-order valence-electron chi connectivity index (χ0n) is 22.3. The van der Waals surface area contributed by atoms with Crippen molar-refractivity contribution in [3.05, 3.63) is 107 Å². The van der Waals surface area contributed by atoms with E-state index >= 15 is 0 Å². The number of thiazole rings is 1. The summed E-state index contributed by atoms with van der Waals surface area (Å²) in [6.45, 7) is 0.0979. The molecule has 2 aromatic carbocycles. The molecule has 41 heavy (non-hydrogen) atoms. The zero-order valence-corrected chi connectivity index (χ0v) is 23.1. The molecule has 2 fully saturated rings. The van der Waals surface area contributed by atoms with Crippen LogP contribution in [-0.2, 0) is 16.1 Å². The van der Waals surface area contributed by atoms with Crippen molar-refractivity contribution in [2.45, 2.75) is 50.4 Å². The maximum atomic E-state index is 14.3. The predicted molar refractivity (Wildman–Crippen MR) is 155 cm³/mol. The Balaban J connectivity index is 1.29. The van der Waals surface area contributed by atoms with Gasteiger partial charge < -0.3 is 10.1 Å². The first kappa shape index (κ1) is 26.6. The number of amides is 3. The predicted octanol–water partition coefficient (Wildman–Crippen LogP) is 5.64. The van der Waals surface area contributed by atoms with E-state index in [4.69, 9.17) is 4.74 Å². The quantitative estimate of drug-likeness (QED) is 0.296. The lowest BCUT2D eigenvalue weighted by molar-refractivity contribution is -0.122. The van der Waals surface area contributed by atoms with Crippen molar-refractivity contribution in [1.29, 1.82) is 0 Å². The van der Waals surface area contributed by atoms with E-state index in [0.717, 1.165) is 24.0 Å². The highest BCUT2D eigenvalue weighted by molar-refractivity contribution is 7.13. The molecule has 9 nitrogen and oxygen atoms in total. The van der Waals surface area contributed by atoms with E-state index in [2.05, 4.69) is 15.3 Å². The number of hydrogen-bond donors (Lipinski definition) is 1. The van der Waals surface area contributed by atoms with Gasteiger partial charge in [0.2, 0.25) is 0 Å². The highest BCUT2D eigenvalue weighted by atomic mass is 32.1. The van der Waals surface area contributed by atoms with Gasteiger partial charge in [-0.05, 0) is 73.2 Å². The molecule has 0 radical (unpaired) electrons. The first-order chi connectivity index (χ1) is 20.1. The molecule has 10 heteroatoms. The molecule has 3 amide bonds. The number of carbonyl (C=O) groups excluding carboxylic acids is 3. The summed E-state index contributed by atoms with van der Waals surface area (Å²) in [4.78, 5) is 52.1. The Kier molecular flexibility index (Phi) is 7.73. The fourth-order valence-electron chi connectivity index (χ4n) is 5.08. The summed E-state index contributed by atoms with van der Waals surface area (Å²) < 4.78 is 5.74. The van der Waals surface area contributed by atoms with Gasteiger partial charge in [-0.15, -0.1) is 11.3 Å². The molecule has 3 heterocycles. The summed E-state index contributed by atoms with van der Waals surface area (Å²) in [5, 5.41) is 5.26. The molecule has 6 rings (SSSR count). The van der Waals surface area contributed by atoms with Crippen LogP contribution in [-0.4, -0.2) is 44.9 Å². The van der Waals surface area contributed by atoms with Crippen LogP contribution in [0.3, 0.4) is 0 Å². The van der Waals surface area contributed by atoms with Crippen LogP contribution in [0, 0.1) is 0 Å². The number of nitrogens with zero attached hydrogens (tertiary/aromatic N) is 4. The SMILES string of the molecule is O=C(NC1CC1)c1ccc(N(C(=O)C2CCC(c3ccncc3)N2C(=O)OCc2ccccc2)c2nccs2)cc1. The molecule has 1 N–H and O–H groups in total. The van der Waals surface area contributed by atoms with E-state index in [1.54, 1.807) is 53.1 Å².